The molecule has 0 aliphatic heterocycles. The number of H-pyrrole nitrogens is 1. The van der Waals surface area contributed by atoms with Gasteiger partial charge in [0.2, 0.25) is 0 Å². The summed E-state index contributed by atoms with van der Waals surface area (Å²) >= 11 is 1.04. The van der Waals surface area contributed by atoms with E-state index >= 15 is 0 Å². The van der Waals surface area contributed by atoms with Crippen molar-refractivity contribution < 1.29 is 23.1 Å². The van der Waals surface area contributed by atoms with Crippen molar-refractivity contribution in [3.63, 3.8) is 0 Å². The van der Waals surface area contributed by atoms with Crippen molar-refractivity contribution in [1.29, 1.82) is 0 Å². The van der Waals surface area contributed by atoms with E-state index in [-0.39, 0.29) is 27.5 Å². The Morgan fingerprint density at radius 2 is 2.00 bits per heavy atom. The van der Waals surface area contributed by atoms with Crippen LogP contribution in [0.4, 0.5) is 13.2 Å². The average molecular weight is 353 g/mol. The zero-order valence-corrected chi connectivity index (χ0v) is 13.0. The van der Waals surface area contributed by atoms with Gasteiger partial charge in [-0.2, -0.15) is 18.3 Å². The zero-order valence-electron chi connectivity index (χ0n) is 12.2. The van der Waals surface area contributed by atoms with Gasteiger partial charge in [0, 0.05) is 16.6 Å². The number of aryl methyl sites for hydroxylation is 1. The molecular weight excluding hydrogens is 343 g/mol. The SMILES string of the molecule is Cc1[nH]nc(-c2nc(-c3ccccc3C(F)(F)F)cs2)c1C(=O)O. The van der Waals surface area contributed by atoms with Crippen molar-refractivity contribution in [2.24, 2.45) is 0 Å². The van der Waals surface area contributed by atoms with Gasteiger partial charge >= 0.3 is 12.1 Å². The molecule has 0 atom stereocenters. The van der Waals surface area contributed by atoms with Gasteiger partial charge in [-0.3, -0.25) is 5.10 Å². The highest BCUT2D eigenvalue weighted by molar-refractivity contribution is 7.13. The Bertz CT molecular complexity index is 915. The summed E-state index contributed by atoms with van der Waals surface area (Å²) in [7, 11) is 0. The Morgan fingerprint density at radius 3 is 2.67 bits per heavy atom. The number of carboxylic acids is 1. The molecule has 0 aliphatic rings. The summed E-state index contributed by atoms with van der Waals surface area (Å²) in [6, 6.07) is 5.11. The zero-order chi connectivity index (χ0) is 17.5. The number of aromatic amines is 1. The molecule has 0 saturated carbocycles. The summed E-state index contributed by atoms with van der Waals surface area (Å²) in [6.07, 6.45) is -4.50. The largest absolute Gasteiger partial charge is 0.478 e. The lowest BCUT2D eigenvalue weighted by Crippen LogP contribution is -2.06. The monoisotopic (exact) mass is 353 g/mol. The molecular formula is C15H10F3N3O2S. The fourth-order valence-electron chi connectivity index (χ4n) is 2.31. The first kappa shape index (κ1) is 16.2. The fourth-order valence-corrected chi connectivity index (χ4v) is 3.12. The van der Waals surface area contributed by atoms with Crippen molar-refractivity contribution in [3.8, 4) is 22.0 Å². The fraction of sp³-hybridized carbons (Fsp3) is 0.133. The number of alkyl halides is 3. The van der Waals surface area contributed by atoms with Gasteiger partial charge in [0.05, 0.1) is 11.3 Å². The lowest BCUT2D eigenvalue weighted by Gasteiger charge is -2.10. The first-order valence-electron chi connectivity index (χ1n) is 6.69. The predicted molar refractivity (Wildman–Crippen MR) is 81.8 cm³/mol. The van der Waals surface area contributed by atoms with Crippen LogP contribution in [0.5, 0.6) is 0 Å². The quantitative estimate of drug-likeness (QED) is 0.739. The standard InChI is InChI=1S/C15H10F3N3O2S/c1-7-11(14(22)23)12(21-20-7)13-19-10(6-24-13)8-4-2-3-5-9(8)15(16,17)18/h2-6H,1H3,(H,20,21)(H,22,23). The van der Waals surface area contributed by atoms with Gasteiger partial charge in [0.25, 0.3) is 0 Å². The van der Waals surface area contributed by atoms with Crippen LogP contribution in [0.2, 0.25) is 0 Å². The van der Waals surface area contributed by atoms with E-state index < -0.39 is 17.7 Å². The molecule has 0 amide bonds. The van der Waals surface area contributed by atoms with E-state index in [9.17, 15) is 23.1 Å². The van der Waals surface area contributed by atoms with E-state index in [4.69, 9.17) is 0 Å². The molecule has 0 fully saturated rings. The van der Waals surface area contributed by atoms with Crippen molar-refractivity contribution in [1.82, 2.24) is 15.2 Å². The number of carbonyl (C=O) groups is 1. The summed E-state index contributed by atoms with van der Waals surface area (Å²) in [5.41, 5.74) is -0.305. The van der Waals surface area contributed by atoms with Crippen LogP contribution in [0.25, 0.3) is 22.0 Å². The predicted octanol–water partition coefficient (Wildman–Crippen LogP) is 4.23. The normalized spacial score (nSPS) is 11.7. The van der Waals surface area contributed by atoms with Crippen molar-refractivity contribution in [3.05, 3.63) is 46.5 Å². The van der Waals surface area contributed by atoms with Crippen molar-refractivity contribution >= 4 is 17.3 Å². The van der Waals surface area contributed by atoms with Crippen molar-refractivity contribution in [2.75, 3.05) is 0 Å². The molecule has 3 rings (SSSR count). The molecule has 9 heteroatoms. The van der Waals surface area contributed by atoms with Crippen LogP contribution in [0.1, 0.15) is 21.6 Å². The second-order valence-corrected chi connectivity index (χ2v) is 5.82. The Hall–Kier alpha value is -2.68. The van der Waals surface area contributed by atoms with Gasteiger partial charge in [-0.1, -0.05) is 18.2 Å². The third-order valence-corrected chi connectivity index (χ3v) is 4.23. The molecule has 2 aromatic heterocycles. The molecule has 0 saturated heterocycles. The third kappa shape index (κ3) is 2.78. The summed E-state index contributed by atoms with van der Waals surface area (Å²) in [5, 5.41) is 17.4. The number of aromatic nitrogens is 3. The minimum Gasteiger partial charge on any atom is -0.478 e. The number of hydrogen-bond donors (Lipinski definition) is 2. The van der Waals surface area contributed by atoms with Gasteiger partial charge < -0.3 is 5.11 Å². The second-order valence-electron chi connectivity index (χ2n) is 4.96. The molecule has 2 N–H and O–H groups in total. The highest BCUT2D eigenvalue weighted by atomic mass is 32.1. The molecule has 1 aromatic carbocycles. The number of thiazole rings is 1. The number of carboxylic acid groups (broad SMARTS) is 1. The summed E-state index contributed by atoms with van der Waals surface area (Å²) in [6.45, 7) is 1.55. The van der Waals surface area contributed by atoms with E-state index in [1.165, 1.54) is 23.6 Å². The van der Waals surface area contributed by atoms with Crippen LogP contribution in [-0.4, -0.2) is 26.3 Å². The number of aromatic carboxylic acids is 1. The minimum atomic E-state index is -4.50. The van der Waals surface area contributed by atoms with E-state index in [2.05, 4.69) is 15.2 Å². The lowest BCUT2D eigenvalue weighted by molar-refractivity contribution is -0.137. The second kappa shape index (κ2) is 5.75. The van der Waals surface area contributed by atoms with E-state index in [1.807, 2.05) is 0 Å². The molecule has 24 heavy (non-hydrogen) atoms. The van der Waals surface area contributed by atoms with Gasteiger partial charge in [-0.05, 0) is 13.0 Å². The minimum absolute atomic E-state index is 0.0417. The lowest BCUT2D eigenvalue weighted by atomic mass is 10.1. The molecule has 3 aromatic rings. The van der Waals surface area contributed by atoms with E-state index in [0.717, 1.165) is 17.4 Å². The molecule has 0 spiro atoms. The molecule has 5 nitrogen and oxygen atoms in total. The first-order chi connectivity index (χ1) is 11.3. The average Bonchev–Trinajstić information content (AvgIpc) is 3.12. The van der Waals surface area contributed by atoms with Crippen LogP contribution in [0, 0.1) is 6.92 Å². The van der Waals surface area contributed by atoms with Crippen LogP contribution in [0.15, 0.2) is 29.6 Å². The maximum atomic E-state index is 13.1. The Morgan fingerprint density at radius 1 is 1.29 bits per heavy atom. The molecule has 0 unspecified atom stereocenters. The number of hydrogen-bond acceptors (Lipinski definition) is 4. The van der Waals surface area contributed by atoms with E-state index in [0.29, 0.717) is 5.69 Å². The number of benzene rings is 1. The number of nitrogens with zero attached hydrogens (tertiary/aromatic N) is 2. The summed E-state index contributed by atoms with van der Waals surface area (Å²) < 4.78 is 39.4. The summed E-state index contributed by atoms with van der Waals surface area (Å²) in [4.78, 5) is 15.5. The Balaban J connectivity index is 2.09. The Kier molecular flexibility index (Phi) is 3.88. The molecule has 0 radical (unpaired) electrons. The maximum absolute atomic E-state index is 13.1. The van der Waals surface area contributed by atoms with Crippen molar-refractivity contribution in [2.45, 2.75) is 13.1 Å². The summed E-state index contributed by atoms with van der Waals surface area (Å²) in [5.74, 6) is -1.18. The number of halogens is 3. The van der Waals surface area contributed by atoms with Gasteiger partial charge in [0.15, 0.2) is 0 Å². The molecule has 2 heterocycles. The number of nitrogens with one attached hydrogen (secondary N) is 1. The third-order valence-electron chi connectivity index (χ3n) is 3.38. The Labute approximate surface area is 137 Å². The first-order valence-corrected chi connectivity index (χ1v) is 7.57. The molecule has 0 aliphatic carbocycles. The van der Waals surface area contributed by atoms with Gasteiger partial charge in [-0.25, -0.2) is 9.78 Å². The highest BCUT2D eigenvalue weighted by Crippen LogP contribution is 2.38. The topological polar surface area (TPSA) is 78.9 Å². The van der Waals surface area contributed by atoms with Gasteiger partial charge in [0.1, 0.15) is 16.3 Å². The highest BCUT2D eigenvalue weighted by Gasteiger charge is 2.34. The van der Waals surface area contributed by atoms with Crippen LogP contribution in [0.3, 0.4) is 0 Å². The molecule has 124 valence electrons. The van der Waals surface area contributed by atoms with Crippen LogP contribution in [-0.2, 0) is 6.18 Å². The molecule has 0 bridgehead atoms. The maximum Gasteiger partial charge on any atom is 0.417 e. The van der Waals surface area contributed by atoms with Gasteiger partial charge in [-0.15, -0.1) is 11.3 Å². The van der Waals surface area contributed by atoms with Crippen LogP contribution >= 0.6 is 11.3 Å². The van der Waals surface area contributed by atoms with Crippen LogP contribution < -0.4 is 0 Å². The smallest absolute Gasteiger partial charge is 0.417 e. The van der Waals surface area contributed by atoms with E-state index in [1.54, 1.807) is 6.92 Å². The number of rotatable bonds is 3.